The quantitative estimate of drug-likeness (QED) is 0.161. The summed E-state index contributed by atoms with van der Waals surface area (Å²) in [6.07, 6.45) is 5.43. The van der Waals surface area contributed by atoms with Crippen molar-refractivity contribution >= 4 is 34.5 Å². The van der Waals surface area contributed by atoms with Crippen LogP contribution in [0.25, 0.3) is 10.9 Å². The van der Waals surface area contributed by atoms with Crippen molar-refractivity contribution in [2.45, 2.75) is 36.8 Å². The molecule has 1 aromatic carbocycles. The number of nitrogens with zero attached hydrogens (tertiary/aromatic N) is 3. The molecule has 38 heavy (non-hydrogen) atoms. The number of aromatic nitrogens is 3. The summed E-state index contributed by atoms with van der Waals surface area (Å²) in [4.78, 5) is 48.0. The lowest BCUT2D eigenvalue weighted by molar-refractivity contribution is -0.120. The first-order valence-electron chi connectivity index (χ1n) is 12.2. The molecule has 1 atom stereocenters. The number of benzene rings is 1. The van der Waals surface area contributed by atoms with Crippen molar-refractivity contribution in [3.8, 4) is 0 Å². The van der Waals surface area contributed by atoms with E-state index in [1.165, 1.54) is 22.6 Å². The monoisotopic (exact) mass is 535 g/mol. The molecule has 0 aliphatic carbocycles. The molecule has 0 saturated carbocycles. The van der Waals surface area contributed by atoms with Gasteiger partial charge in [-0.3, -0.25) is 23.9 Å². The normalized spacial score (nSPS) is 11.8. The average molecular weight is 536 g/mol. The summed E-state index contributed by atoms with van der Waals surface area (Å²) in [5.41, 5.74) is 1.35. The van der Waals surface area contributed by atoms with E-state index in [0.717, 1.165) is 5.56 Å². The van der Waals surface area contributed by atoms with Gasteiger partial charge in [0.25, 0.3) is 11.5 Å². The molecule has 0 saturated heterocycles. The molecule has 0 unspecified atom stereocenters. The van der Waals surface area contributed by atoms with Crippen LogP contribution >= 0.6 is 11.8 Å². The topological polar surface area (TPSA) is 128 Å². The molecular weight excluding hydrogens is 506 g/mol. The molecule has 0 aliphatic heterocycles. The highest BCUT2D eigenvalue weighted by Gasteiger charge is 2.23. The molecule has 2 amide bonds. The smallest absolute Gasteiger partial charge is 0.262 e. The summed E-state index contributed by atoms with van der Waals surface area (Å²) in [6.45, 7) is 3.15. The molecule has 11 heteroatoms. The molecule has 2 N–H and O–H groups in total. The SMILES string of the molecule is CC[C@@H](Sc1nc2cc(C(=O)NCCOC)ccc2c(=O)n1Cc1ccco1)C(=O)NCc1cccnc1. The van der Waals surface area contributed by atoms with Gasteiger partial charge in [0.1, 0.15) is 5.76 Å². The van der Waals surface area contributed by atoms with Crippen molar-refractivity contribution in [3.63, 3.8) is 0 Å². The Morgan fingerprint density at radius 2 is 2.05 bits per heavy atom. The lowest BCUT2D eigenvalue weighted by Gasteiger charge is -2.18. The Balaban J connectivity index is 1.65. The molecule has 0 bridgehead atoms. The summed E-state index contributed by atoms with van der Waals surface area (Å²) < 4.78 is 12.0. The maximum Gasteiger partial charge on any atom is 0.262 e. The summed E-state index contributed by atoms with van der Waals surface area (Å²) in [7, 11) is 1.56. The van der Waals surface area contributed by atoms with Gasteiger partial charge in [0.05, 0.1) is 35.6 Å². The fourth-order valence-corrected chi connectivity index (χ4v) is 4.79. The third kappa shape index (κ3) is 6.67. The number of fused-ring (bicyclic) bond motifs is 1. The largest absolute Gasteiger partial charge is 0.467 e. The van der Waals surface area contributed by atoms with Gasteiger partial charge in [-0.25, -0.2) is 4.98 Å². The van der Waals surface area contributed by atoms with Crippen molar-refractivity contribution in [3.05, 3.63) is 88.4 Å². The van der Waals surface area contributed by atoms with Gasteiger partial charge >= 0.3 is 0 Å². The van der Waals surface area contributed by atoms with Gasteiger partial charge in [0, 0.05) is 38.2 Å². The van der Waals surface area contributed by atoms with Gasteiger partial charge in [-0.2, -0.15) is 0 Å². The second-order valence-corrected chi connectivity index (χ2v) is 9.61. The minimum absolute atomic E-state index is 0.157. The summed E-state index contributed by atoms with van der Waals surface area (Å²) in [6, 6.07) is 12.0. The molecule has 4 rings (SSSR count). The van der Waals surface area contributed by atoms with Gasteiger partial charge in [-0.1, -0.05) is 24.8 Å². The fraction of sp³-hybridized carbons (Fsp3) is 0.296. The van der Waals surface area contributed by atoms with Crippen LogP contribution in [0.15, 0.2) is 75.5 Å². The Kier molecular flexibility index (Phi) is 9.28. The number of methoxy groups -OCH3 is 1. The minimum atomic E-state index is -0.501. The van der Waals surface area contributed by atoms with Crippen LogP contribution in [0.1, 0.15) is 35.0 Å². The zero-order chi connectivity index (χ0) is 26.9. The standard InChI is InChI=1S/C27H29N5O5S/c1-3-23(25(34)30-16-18-6-4-10-28-15-18)38-27-31-22-14-19(24(33)29-11-13-36-2)8-9-21(22)26(35)32(27)17-20-7-5-12-37-20/h4-10,12,14-15,23H,3,11,13,16-17H2,1-2H3,(H,29,33)(H,30,34)/t23-/m1/s1. The highest BCUT2D eigenvalue weighted by molar-refractivity contribution is 8.00. The Hall–Kier alpha value is -3.96. The number of pyridine rings is 1. The Morgan fingerprint density at radius 1 is 1.18 bits per heavy atom. The van der Waals surface area contributed by atoms with Crippen molar-refractivity contribution in [1.82, 2.24) is 25.2 Å². The Bertz CT molecular complexity index is 1440. The number of hydrogen-bond acceptors (Lipinski definition) is 8. The van der Waals surface area contributed by atoms with Crippen molar-refractivity contribution in [1.29, 1.82) is 0 Å². The molecule has 0 spiro atoms. The molecule has 3 aromatic heterocycles. The summed E-state index contributed by atoms with van der Waals surface area (Å²) in [5.74, 6) is 0.116. The minimum Gasteiger partial charge on any atom is -0.467 e. The predicted octanol–water partition coefficient (Wildman–Crippen LogP) is 3.00. The first kappa shape index (κ1) is 27.1. The maximum atomic E-state index is 13.6. The number of furan rings is 1. The van der Waals surface area contributed by atoms with Gasteiger partial charge in [-0.15, -0.1) is 0 Å². The number of rotatable bonds is 12. The Morgan fingerprint density at radius 3 is 2.76 bits per heavy atom. The fourth-order valence-electron chi connectivity index (χ4n) is 3.75. The van der Waals surface area contributed by atoms with Crippen LogP contribution in [0.3, 0.4) is 0 Å². The summed E-state index contributed by atoms with van der Waals surface area (Å²) in [5, 5.41) is 5.93. The van der Waals surface area contributed by atoms with E-state index in [1.54, 1.807) is 49.8 Å². The van der Waals surface area contributed by atoms with Crippen LogP contribution < -0.4 is 16.2 Å². The van der Waals surface area contributed by atoms with Crippen LogP contribution in [0.5, 0.6) is 0 Å². The number of amides is 2. The second-order valence-electron chi connectivity index (χ2n) is 8.44. The molecule has 198 valence electrons. The third-order valence-electron chi connectivity index (χ3n) is 5.77. The zero-order valence-electron chi connectivity index (χ0n) is 21.2. The number of nitrogens with one attached hydrogen (secondary N) is 2. The van der Waals surface area contributed by atoms with Crippen molar-refractivity contribution in [2.24, 2.45) is 0 Å². The summed E-state index contributed by atoms with van der Waals surface area (Å²) >= 11 is 1.21. The van der Waals surface area contributed by atoms with Crippen LogP contribution in [-0.4, -0.2) is 51.9 Å². The number of ether oxygens (including phenoxy) is 1. The molecule has 0 radical (unpaired) electrons. The Labute approximate surface area is 223 Å². The maximum absolute atomic E-state index is 13.6. The van der Waals surface area contributed by atoms with E-state index in [2.05, 4.69) is 15.6 Å². The van der Waals surface area contributed by atoms with Crippen LogP contribution in [0, 0.1) is 0 Å². The molecular formula is C27H29N5O5S. The first-order valence-corrected chi connectivity index (χ1v) is 13.1. The van der Waals surface area contributed by atoms with Gasteiger partial charge in [0.15, 0.2) is 5.16 Å². The number of thioether (sulfide) groups is 1. The highest BCUT2D eigenvalue weighted by Crippen LogP contribution is 2.26. The van der Waals surface area contributed by atoms with E-state index in [4.69, 9.17) is 14.1 Å². The average Bonchev–Trinajstić information content (AvgIpc) is 3.46. The van der Waals surface area contributed by atoms with Crippen LogP contribution in [0.2, 0.25) is 0 Å². The van der Waals surface area contributed by atoms with Gasteiger partial charge in [0.2, 0.25) is 5.91 Å². The lowest BCUT2D eigenvalue weighted by Crippen LogP contribution is -2.33. The number of carbonyl (C=O) groups excluding carboxylic acids is 2. The number of carbonyl (C=O) groups is 2. The van der Waals surface area contributed by atoms with Crippen molar-refractivity contribution in [2.75, 3.05) is 20.3 Å². The van der Waals surface area contributed by atoms with E-state index in [0.29, 0.717) is 53.5 Å². The van der Waals surface area contributed by atoms with Crippen LogP contribution in [-0.2, 0) is 22.6 Å². The van der Waals surface area contributed by atoms with Crippen molar-refractivity contribution < 1.29 is 18.7 Å². The van der Waals surface area contributed by atoms with E-state index in [-0.39, 0.29) is 23.9 Å². The highest BCUT2D eigenvalue weighted by atomic mass is 32.2. The molecule has 4 aromatic rings. The first-order chi connectivity index (χ1) is 18.5. The number of hydrogen-bond donors (Lipinski definition) is 2. The van der Waals surface area contributed by atoms with Gasteiger partial charge in [-0.05, 0) is 48.4 Å². The zero-order valence-corrected chi connectivity index (χ0v) is 22.0. The lowest BCUT2D eigenvalue weighted by atomic mass is 10.1. The van der Waals surface area contributed by atoms with E-state index in [1.807, 2.05) is 19.1 Å². The van der Waals surface area contributed by atoms with E-state index < -0.39 is 5.25 Å². The van der Waals surface area contributed by atoms with Gasteiger partial charge < -0.3 is 19.8 Å². The second kappa shape index (κ2) is 13.0. The van der Waals surface area contributed by atoms with Crippen LogP contribution in [0.4, 0.5) is 0 Å². The molecule has 10 nitrogen and oxygen atoms in total. The molecule has 0 aliphatic rings. The molecule has 3 heterocycles. The third-order valence-corrected chi connectivity index (χ3v) is 7.12. The van der Waals surface area contributed by atoms with E-state index >= 15 is 0 Å². The molecule has 0 fully saturated rings. The van der Waals surface area contributed by atoms with E-state index in [9.17, 15) is 14.4 Å². The predicted molar refractivity (Wildman–Crippen MR) is 144 cm³/mol.